The van der Waals surface area contributed by atoms with Crippen LogP contribution < -0.4 is 0 Å². The molecule has 0 radical (unpaired) electrons. The molecule has 1 aliphatic heterocycles. The van der Waals surface area contributed by atoms with Crippen LogP contribution in [0, 0.1) is 12.7 Å². The van der Waals surface area contributed by atoms with E-state index in [1.54, 1.807) is 46.5 Å². The van der Waals surface area contributed by atoms with Crippen LogP contribution in [0.1, 0.15) is 31.3 Å². The van der Waals surface area contributed by atoms with E-state index in [1.807, 2.05) is 17.7 Å². The van der Waals surface area contributed by atoms with Crippen molar-refractivity contribution < 1.29 is 14.0 Å². The van der Waals surface area contributed by atoms with Gasteiger partial charge in [-0.25, -0.2) is 4.39 Å². The van der Waals surface area contributed by atoms with Gasteiger partial charge in [0, 0.05) is 49.5 Å². The van der Waals surface area contributed by atoms with Crippen LogP contribution in [0.4, 0.5) is 4.39 Å². The Balaban J connectivity index is 1.29. The molecular formula is C24H22FN5O2S. The Hall–Kier alpha value is -3.59. The van der Waals surface area contributed by atoms with Crippen molar-refractivity contribution in [1.82, 2.24) is 24.6 Å². The molecule has 0 saturated carbocycles. The maximum atomic E-state index is 13.2. The van der Waals surface area contributed by atoms with Gasteiger partial charge in [0.25, 0.3) is 11.8 Å². The second-order valence-corrected chi connectivity index (χ2v) is 9.05. The Morgan fingerprint density at radius 1 is 0.970 bits per heavy atom. The lowest BCUT2D eigenvalue weighted by Gasteiger charge is -2.34. The van der Waals surface area contributed by atoms with Gasteiger partial charge in [0.2, 0.25) is 0 Å². The summed E-state index contributed by atoms with van der Waals surface area (Å²) in [5, 5.41) is 5.55. The van der Waals surface area contributed by atoms with Crippen molar-refractivity contribution in [2.45, 2.75) is 13.5 Å². The topological polar surface area (TPSA) is 71.3 Å². The number of pyridine rings is 1. The molecule has 0 aliphatic carbocycles. The number of aryl methyl sites for hydroxylation is 1. The van der Waals surface area contributed by atoms with Gasteiger partial charge in [0.1, 0.15) is 10.6 Å². The minimum Gasteiger partial charge on any atom is -0.335 e. The van der Waals surface area contributed by atoms with Gasteiger partial charge in [-0.1, -0.05) is 12.1 Å². The van der Waals surface area contributed by atoms with Crippen LogP contribution in [-0.4, -0.2) is 62.6 Å². The van der Waals surface area contributed by atoms with Crippen molar-refractivity contribution in [1.29, 1.82) is 0 Å². The van der Waals surface area contributed by atoms with Crippen molar-refractivity contribution >= 4 is 33.4 Å². The number of hydrogen-bond donors (Lipinski definition) is 0. The fourth-order valence-electron chi connectivity index (χ4n) is 4.03. The first-order chi connectivity index (χ1) is 16.0. The lowest BCUT2D eigenvalue weighted by atomic mass is 10.2. The van der Waals surface area contributed by atoms with Gasteiger partial charge in [-0.05, 0) is 42.8 Å². The number of hydrogen-bond acceptors (Lipinski definition) is 5. The molecule has 33 heavy (non-hydrogen) atoms. The number of nitrogens with zero attached hydrogens (tertiary/aromatic N) is 5. The van der Waals surface area contributed by atoms with Crippen LogP contribution in [0.3, 0.4) is 0 Å². The van der Waals surface area contributed by atoms with Gasteiger partial charge in [-0.15, -0.1) is 11.3 Å². The first kappa shape index (κ1) is 21.3. The molecule has 0 unspecified atom stereocenters. The maximum absolute atomic E-state index is 13.2. The van der Waals surface area contributed by atoms with Crippen LogP contribution in [0.15, 0.2) is 54.9 Å². The molecule has 4 aromatic rings. The predicted molar refractivity (Wildman–Crippen MR) is 124 cm³/mol. The minimum absolute atomic E-state index is 0.0278. The summed E-state index contributed by atoms with van der Waals surface area (Å²) in [7, 11) is 0. The van der Waals surface area contributed by atoms with Gasteiger partial charge >= 0.3 is 0 Å². The first-order valence-electron chi connectivity index (χ1n) is 10.7. The molecule has 1 fully saturated rings. The van der Waals surface area contributed by atoms with Crippen molar-refractivity contribution in [3.05, 3.63) is 82.4 Å². The average molecular weight is 464 g/mol. The fourth-order valence-corrected chi connectivity index (χ4v) is 5.16. The van der Waals surface area contributed by atoms with E-state index >= 15 is 0 Å². The van der Waals surface area contributed by atoms with Crippen molar-refractivity contribution in [3.63, 3.8) is 0 Å². The number of aromatic nitrogens is 3. The highest BCUT2D eigenvalue weighted by atomic mass is 32.1. The summed E-state index contributed by atoms with van der Waals surface area (Å²) in [5.41, 5.74) is 2.41. The van der Waals surface area contributed by atoms with Gasteiger partial charge in [0.05, 0.1) is 17.1 Å². The fraction of sp³-hybridized carbons (Fsp3) is 0.250. The Morgan fingerprint density at radius 2 is 1.61 bits per heavy atom. The van der Waals surface area contributed by atoms with Gasteiger partial charge in [-0.3, -0.25) is 19.3 Å². The van der Waals surface area contributed by atoms with E-state index in [4.69, 9.17) is 0 Å². The van der Waals surface area contributed by atoms with E-state index in [0.717, 1.165) is 21.5 Å². The highest BCUT2D eigenvalue weighted by Crippen LogP contribution is 2.30. The third-order valence-electron chi connectivity index (χ3n) is 5.85. The molecule has 168 valence electrons. The van der Waals surface area contributed by atoms with Crippen molar-refractivity contribution in [2.75, 3.05) is 26.2 Å². The van der Waals surface area contributed by atoms with E-state index in [2.05, 4.69) is 10.1 Å². The van der Waals surface area contributed by atoms with E-state index in [-0.39, 0.29) is 17.6 Å². The Morgan fingerprint density at radius 3 is 2.27 bits per heavy atom. The molecule has 2 amide bonds. The standard InChI is InChI=1S/C24H22FN5O2S/c1-16-20-14-21(33-24(20)30(27-16)15-17-2-4-19(25)5-3-17)23(32)29-12-10-28(11-13-29)22(31)18-6-8-26-9-7-18/h2-9,14H,10-13,15H2,1H3. The molecule has 0 bridgehead atoms. The molecule has 0 N–H and O–H groups in total. The zero-order valence-electron chi connectivity index (χ0n) is 18.1. The molecule has 0 atom stereocenters. The SMILES string of the molecule is Cc1nn(Cc2ccc(F)cc2)c2sc(C(=O)N3CCN(C(=O)c4ccncc4)CC3)cc12. The molecule has 4 heterocycles. The number of thiophene rings is 1. The second kappa shape index (κ2) is 8.74. The van der Waals surface area contributed by atoms with Gasteiger partial charge < -0.3 is 9.80 Å². The smallest absolute Gasteiger partial charge is 0.264 e. The monoisotopic (exact) mass is 463 g/mol. The molecule has 1 saturated heterocycles. The third-order valence-corrected chi connectivity index (χ3v) is 6.98. The van der Waals surface area contributed by atoms with Crippen LogP contribution in [0.5, 0.6) is 0 Å². The number of fused-ring (bicyclic) bond motifs is 1. The number of carbonyl (C=O) groups excluding carboxylic acids is 2. The molecule has 3 aromatic heterocycles. The van der Waals surface area contributed by atoms with E-state index < -0.39 is 0 Å². The van der Waals surface area contributed by atoms with Gasteiger partial charge in [-0.2, -0.15) is 5.10 Å². The zero-order chi connectivity index (χ0) is 22.9. The molecule has 5 rings (SSSR count). The summed E-state index contributed by atoms with van der Waals surface area (Å²) in [6.45, 7) is 4.40. The van der Waals surface area contributed by atoms with E-state index in [9.17, 15) is 14.0 Å². The van der Waals surface area contributed by atoms with Gasteiger partial charge in [0.15, 0.2) is 0 Å². The van der Waals surface area contributed by atoms with E-state index in [0.29, 0.717) is 43.2 Å². The lowest BCUT2D eigenvalue weighted by Crippen LogP contribution is -2.50. The van der Waals surface area contributed by atoms with Crippen molar-refractivity contribution in [3.8, 4) is 0 Å². The number of amides is 2. The number of rotatable bonds is 4. The Bertz CT molecular complexity index is 1310. The maximum Gasteiger partial charge on any atom is 0.264 e. The average Bonchev–Trinajstić information content (AvgIpc) is 3.41. The molecule has 7 nitrogen and oxygen atoms in total. The minimum atomic E-state index is -0.271. The number of benzene rings is 1. The summed E-state index contributed by atoms with van der Waals surface area (Å²) in [4.78, 5) is 34.9. The first-order valence-corrected chi connectivity index (χ1v) is 11.5. The molecule has 1 aliphatic rings. The highest BCUT2D eigenvalue weighted by molar-refractivity contribution is 7.20. The third kappa shape index (κ3) is 4.23. The van der Waals surface area contributed by atoms with E-state index in [1.165, 1.54) is 23.5 Å². The number of piperazine rings is 1. The molecule has 1 aromatic carbocycles. The molecular weight excluding hydrogens is 441 g/mol. The molecule has 9 heteroatoms. The quantitative estimate of drug-likeness (QED) is 0.464. The number of halogens is 1. The van der Waals surface area contributed by atoms with Crippen LogP contribution >= 0.6 is 11.3 Å². The van der Waals surface area contributed by atoms with Crippen LogP contribution in [0.25, 0.3) is 10.2 Å². The summed E-state index contributed by atoms with van der Waals surface area (Å²) >= 11 is 1.42. The Kier molecular flexibility index (Phi) is 5.63. The largest absolute Gasteiger partial charge is 0.335 e. The second-order valence-electron chi connectivity index (χ2n) is 8.02. The normalized spacial score (nSPS) is 14.1. The summed E-state index contributed by atoms with van der Waals surface area (Å²) in [5.74, 6) is -0.338. The summed E-state index contributed by atoms with van der Waals surface area (Å²) < 4.78 is 15.1. The predicted octanol–water partition coefficient (Wildman–Crippen LogP) is 3.59. The highest BCUT2D eigenvalue weighted by Gasteiger charge is 2.27. The van der Waals surface area contributed by atoms with Crippen molar-refractivity contribution in [2.24, 2.45) is 0 Å². The van der Waals surface area contributed by atoms with Crippen LogP contribution in [0.2, 0.25) is 0 Å². The molecule has 0 spiro atoms. The van der Waals surface area contributed by atoms with Crippen LogP contribution in [-0.2, 0) is 6.54 Å². The summed E-state index contributed by atoms with van der Waals surface area (Å²) in [6, 6.07) is 11.7. The summed E-state index contributed by atoms with van der Waals surface area (Å²) in [6.07, 6.45) is 3.21. The lowest BCUT2D eigenvalue weighted by molar-refractivity contribution is 0.0538. The number of carbonyl (C=O) groups is 2. The zero-order valence-corrected chi connectivity index (χ0v) is 18.9. The Labute approximate surface area is 194 Å².